The number of hydrogen-bond acceptors (Lipinski definition) is 5. The van der Waals surface area contributed by atoms with E-state index < -0.39 is 11.9 Å². The summed E-state index contributed by atoms with van der Waals surface area (Å²) in [4.78, 5) is 35.3. The summed E-state index contributed by atoms with van der Waals surface area (Å²) < 4.78 is 9.88. The molecular weight excluding hydrogens is 310 g/mol. The molecule has 0 radical (unpaired) electrons. The zero-order chi connectivity index (χ0) is 17.5. The molecule has 0 saturated heterocycles. The summed E-state index contributed by atoms with van der Waals surface area (Å²) >= 11 is 0. The topological polar surface area (TPSA) is 85.6 Å². The average molecular weight is 329 g/mol. The molecule has 0 bridgehead atoms. The predicted octanol–water partition coefficient (Wildman–Crippen LogP) is 2.44. The number of benzene rings is 1. The van der Waals surface area contributed by atoms with Crippen LogP contribution in [-0.2, 0) is 9.53 Å². The van der Waals surface area contributed by atoms with Crippen LogP contribution in [0.25, 0.3) is 0 Å². The highest BCUT2D eigenvalue weighted by atomic mass is 16.5. The fourth-order valence-corrected chi connectivity index (χ4v) is 2.20. The molecule has 0 saturated carbocycles. The molecule has 0 unspecified atom stereocenters. The lowest BCUT2D eigenvalue weighted by Gasteiger charge is -2.07. The van der Waals surface area contributed by atoms with Crippen molar-refractivity contribution in [2.45, 2.75) is 20.3 Å². The molecule has 1 N–H and O–H groups in total. The predicted molar refractivity (Wildman–Crippen MR) is 86.9 cm³/mol. The number of amides is 1. The van der Waals surface area contributed by atoms with Crippen LogP contribution in [0.4, 0.5) is 0 Å². The SMILES string of the molecule is Cc1ccc(C(=O)COC(=O)CCNC(=O)c2ccco2)c(C)c1. The molecular formula is C18H19NO5. The first-order valence-electron chi connectivity index (χ1n) is 7.55. The molecule has 2 rings (SSSR count). The van der Waals surface area contributed by atoms with Gasteiger partial charge in [0, 0.05) is 12.1 Å². The van der Waals surface area contributed by atoms with Crippen LogP contribution < -0.4 is 5.32 Å². The maximum atomic E-state index is 12.1. The third-order valence-electron chi connectivity index (χ3n) is 3.41. The molecule has 0 atom stereocenters. The van der Waals surface area contributed by atoms with Gasteiger partial charge in [0.2, 0.25) is 5.78 Å². The van der Waals surface area contributed by atoms with E-state index in [2.05, 4.69) is 5.32 Å². The zero-order valence-corrected chi connectivity index (χ0v) is 13.6. The van der Waals surface area contributed by atoms with Gasteiger partial charge in [-0.2, -0.15) is 0 Å². The van der Waals surface area contributed by atoms with E-state index in [1.165, 1.54) is 12.3 Å². The molecule has 24 heavy (non-hydrogen) atoms. The largest absolute Gasteiger partial charge is 0.459 e. The number of rotatable bonds is 7. The first kappa shape index (κ1) is 17.5. The lowest BCUT2D eigenvalue weighted by Crippen LogP contribution is -2.26. The van der Waals surface area contributed by atoms with Crippen LogP contribution in [0.2, 0.25) is 0 Å². The highest BCUT2D eigenvalue weighted by molar-refractivity contribution is 5.99. The van der Waals surface area contributed by atoms with Gasteiger partial charge in [-0.3, -0.25) is 14.4 Å². The second-order valence-corrected chi connectivity index (χ2v) is 5.39. The molecule has 0 aliphatic heterocycles. The van der Waals surface area contributed by atoms with Crippen LogP contribution in [0.15, 0.2) is 41.0 Å². The van der Waals surface area contributed by atoms with Crippen LogP contribution in [0, 0.1) is 13.8 Å². The number of furan rings is 1. The van der Waals surface area contributed by atoms with Crippen LogP contribution in [-0.4, -0.2) is 30.8 Å². The van der Waals surface area contributed by atoms with Gasteiger partial charge in [0.1, 0.15) is 0 Å². The third kappa shape index (κ3) is 4.81. The fourth-order valence-electron chi connectivity index (χ4n) is 2.20. The summed E-state index contributed by atoms with van der Waals surface area (Å²) in [5.41, 5.74) is 2.45. The molecule has 1 amide bonds. The molecule has 0 aliphatic carbocycles. The van der Waals surface area contributed by atoms with Gasteiger partial charge in [-0.15, -0.1) is 0 Å². The number of ether oxygens (including phenoxy) is 1. The molecule has 1 aromatic heterocycles. The molecule has 6 heteroatoms. The van der Waals surface area contributed by atoms with Crippen molar-refractivity contribution in [2.75, 3.05) is 13.2 Å². The van der Waals surface area contributed by atoms with Gasteiger partial charge in [-0.25, -0.2) is 0 Å². The van der Waals surface area contributed by atoms with Gasteiger partial charge in [-0.1, -0.05) is 23.8 Å². The minimum atomic E-state index is -0.548. The third-order valence-corrected chi connectivity index (χ3v) is 3.41. The number of ketones is 1. The lowest BCUT2D eigenvalue weighted by atomic mass is 10.0. The Morgan fingerprint density at radius 1 is 1.17 bits per heavy atom. The van der Waals surface area contributed by atoms with E-state index >= 15 is 0 Å². The highest BCUT2D eigenvalue weighted by Crippen LogP contribution is 2.11. The van der Waals surface area contributed by atoms with E-state index in [1.807, 2.05) is 26.0 Å². The monoisotopic (exact) mass is 329 g/mol. The van der Waals surface area contributed by atoms with E-state index in [0.29, 0.717) is 5.56 Å². The van der Waals surface area contributed by atoms with E-state index in [4.69, 9.17) is 9.15 Å². The van der Waals surface area contributed by atoms with Crippen molar-refractivity contribution in [1.29, 1.82) is 0 Å². The number of Topliss-reactive ketones (excluding diaryl/α,β-unsaturated/α-hetero) is 1. The molecule has 2 aromatic rings. The summed E-state index contributed by atoms with van der Waals surface area (Å²) in [6, 6.07) is 8.59. The molecule has 126 valence electrons. The van der Waals surface area contributed by atoms with Gasteiger partial charge in [0.15, 0.2) is 12.4 Å². The second-order valence-electron chi connectivity index (χ2n) is 5.39. The van der Waals surface area contributed by atoms with Crippen LogP contribution in [0.3, 0.4) is 0 Å². The smallest absolute Gasteiger partial charge is 0.308 e. The van der Waals surface area contributed by atoms with Gasteiger partial charge in [0.25, 0.3) is 5.91 Å². The Morgan fingerprint density at radius 3 is 2.62 bits per heavy atom. The van der Waals surface area contributed by atoms with Crippen molar-refractivity contribution in [3.63, 3.8) is 0 Å². The van der Waals surface area contributed by atoms with E-state index in [1.54, 1.807) is 12.1 Å². The summed E-state index contributed by atoms with van der Waals surface area (Å²) in [6.07, 6.45) is 1.37. The average Bonchev–Trinajstić information content (AvgIpc) is 3.07. The maximum Gasteiger partial charge on any atom is 0.308 e. The van der Waals surface area contributed by atoms with Crippen molar-refractivity contribution >= 4 is 17.7 Å². The Balaban J connectivity index is 1.73. The van der Waals surface area contributed by atoms with Crippen LogP contribution >= 0.6 is 0 Å². The van der Waals surface area contributed by atoms with Gasteiger partial charge < -0.3 is 14.5 Å². The van der Waals surface area contributed by atoms with E-state index in [-0.39, 0.29) is 31.1 Å². The first-order valence-corrected chi connectivity index (χ1v) is 7.55. The standard InChI is InChI=1S/C18H19NO5/c1-12-5-6-14(13(2)10-12)15(20)11-24-17(21)7-8-19-18(22)16-4-3-9-23-16/h3-6,9-10H,7-8,11H2,1-2H3,(H,19,22). The Labute approximate surface area is 139 Å². The number of nitrogens with one attached hydrogen (secondary N) is 1. The van der Waals surface area contributed by atoms with Crippen LogP contribution in [0.5, 0.6) is 0 Å². The normalized spacial score (nSPS) is 10.2. The number of hydrogen-bond donors (Lipinski definition) is 1. The van der Waals surface area contributed by atoms with Crippen molar-refractivity contribution in [3.8, 4) is 0 Å². The first-order chi connectivity index (χ1) is 11.5. The highest BCUT2D eigenvalue weighted by Gasteiger charge is 2.13. The van der Waals surface area contributed by atoms with E-state index in [0.717, 1.165) is 11.1 Å². The van der Waals surface area contributed by atoms with Crippen molar-refractivity contribution in [1.82, 2.24) is 5.32 Å². The molecule has 0 fully saturated rings. The maximum absolute atomic E-state index is 12.1. The molecule has 1 aromatic carbocycles. The lowest BCUT2D eigenvalue weighted by molar-refractivity contribution is -0.142. The number of esters is 1. The van der Waals surface area contributed by atoms with Crippen molar-refractivity contribution in [2.24, 2.45) is 0 Å². The zero-order valence-electron chi connectivity index (χ0n) is 13.6. The van der Waals surface area contributed by atoms with Crippen molar-refractivity contribution < 1.29 is 23.5 Å². The van der Waals surface area contributed by atoms with Crippen molar-refractivity contribution in [3.05, 3.63) is 59.0 Å². The van der Waals surface area contributed by atoms with Crippen LogP contribution in [0.1, 0.15) is 38.5 Å². The van der Waals surface area contributed by atoms with E-state index in [9.17, 15) is 14.4 Å². The Kier molecular flexibility index (Phi) is 5.89. The quantitative estimate of drug-likeness (QED) is 0.623. The Morgan fingerprint density at radius 2 is 1.96 bits per heavy atom. The summed E-state index contributed by atoms with van der Waals surface area (Å²) in [5, 5.41) is 2.53. The molecule has 6 nitrogen and oxygen atoms in total. The fraction of sp³-hybridized carbons (Fsp3) is 0.278. The van der Waals surface area contributed by atoms with Gasteiger partial charge in [0.05, 0.1) is 12.7 Å². The summed E-state index contributed by atoms with van der Waals surface area (Å²) in [6.45, 7) is 3.58. The molecule has 1 heterocycles. The Hall–Kier alpha value is -2.89. The van der Waals surface area contributed by atoms with Gasteiger partial charge in [-0.05, 0) is 31.5 Å². The number of carbonyl (C=O) groups is 3. The second kappa shape index (κ2) is 8.10. The number of aryl methyl sites for hydroxylation is 2. The molecule has 0 spiro atoms. The minimum absolute atomic E-state index is 0.0212. The minimum Gasteiger partial charge on any atom is -0.459 e. The summed E-state index contributed by atoms with van der Waals surface area (Å²) in [7, 11) is 0. The number of carbonyl (C=O) groups excluding carboxylic acids is 3. The van der Waals surface area contributed by atoms with Gasteiger partial charge >= 0.3 is 5.97 Å². The molecule has 0 aliphatic rings. The summed E-state index contributed by atoms with van der Waals surface area (Å²) in [5.74, 6) is -1.03. The Bertz CT molecular complexity index is 734.